The number of nitrogens with zero attached hydrogens (tertiary/aromatic N) is 1. The van der Waals surface area contributed by atoms with Crippen molar-refractivity contribution in [1.82, 2.24) is 4.31 Å². The lowest BCUT2D eigenvalue weighted by atomic mass is 10.2. The Balaban J connectivity index is 1.78. The number of aliphatic carboxylic acids is 1. The third kappa shape index (κ3) is 6.07. The van der Waals surface area contributed by atoms with Gasteiger partial charge in [0.05, 0.1) is 0 Å². The molecule has 1 aromatic heterocycles. The standard InChI is InChI=1S/C24H28ClNO6S2/c1-5-10-26(34(29,30)24-17(4)20-12-18(25)6-8-22(20)32-24)13-16(3)33-19-7-9-21(15(2)11-19)31-14-23(27)28/h6-9,11-12,16H,5,10,13-14H2,1-4H3,(H,27,28). The summed E-state index contributed by atoms with van der Waals surface area (Å²) >= 11 is 7.63. The molecule has 1 N–H and O–H groups in total. The first-order valence-electron chi connectivity index (χ1n) is 10.8. The van der Waals surface area contributed by atoms with Crippen LogP contribution in [0.1, 0.15) is 31.4 Å². The second-order valence-corrected chi connectivity index (χ2v) is 11.8. The van der Waals surface area contributed by atoms with Crippen molar-refractivity contribution in [3.63, 3.8) is 0 Å². The number of sulfonamides is 1. The molecule has 3 aromatic rings. The van der Waals surface area contributed by atoms with Crippen molar-refractivity contribution in [1.29, 1.82) is 0 Å². The predicted octanol–water partition coefficient (Wildman–Crippen LogP) is 5.75. The molecule has 0 saturated heterocycles. The summed E-state index contributed by atoms with van der Waals surface area (Å²) in [6.07, 6.45) is 0.663. The molecule has 0 spiro atoms. The number of hydrogen-bond acceptors (Lipinski definition) is 6. The molecule has 0 bridgehead atoms. The van der Waals surface area contributed by atoms with Gasteiger partial charge in [-0.15, -0.1) is 11.8 Å². The molecule has 10 heteroatoms. The fourth-order valence-corrected chi connectivity index (χ4v) is 6.79. The Morgan fingerprint density at radius 1 is 1.24 bits per heavy atom. The molecule has 1 unspecified atom stereocenters. The zero-order chi connectivity index (χ0) is 25.0. The van der Waals surface area contributed by atoms with Gasteiger partial charge in [-0.1, -0.05) is 25.4 Å². The molecule has 2 aromatic carbocycles. The van der Waals surface area contributed by atoms with Crippen molar-refractivity contribution in [3.05, 3.63) is 52.5 Å². The first-order chi connectivity index (χ1) is 16.0. The number of halogens is 1. The van der Waals surface area contributed by atoms with Gasteiger partial charge in [-0.25, -0.2) is 13.2 Å². The average Bonchev–Trinajstić information content (AvgIpc) is 3.09. The number of rotatable bonds is 11. The lowest BCUT2D eigenvalue weighted by Gasteiger charge is -2.24. The van der Waals surface area contributed by atoms with Crippen LogP contribution in [0.5, 0.6) is 5.75 Å². The van der Waals surface area contributed by atoms with E-state index in [9.17, 15) is 13.2 Å². The molecule has 0 saturated carbocycles. The number of benzene rings is 2. The number of carboxylic acid groups (broad SMARTS) is 1. The summed E-state index contributed by atoms with van der Waals surface area (Å²) in [4.78, 5) is 11.7. The molecule has 0 fully saturated rings. The van der Waals surface area contributed by atoms with E-state index >= 15 is 0 Å². The summed E-state index contributed by atoms with van der Waals surface area (Å²) in [7, 11) is -3.85. The second kappa shape index (κ2) is 11.0. The van der Waals surface area contributed by atoms with Crippen LogP contribution in [0, 0.1) is 13.8 Å². The van der Waals surface area contributed by atoms with Gasteiger partial charge in [-0.3, -0.25) is 0 Å². The Kier molecular flexibility index (Phi) is 8.57. The van der Waals surface area contributed by atoms with Gasteiger partial charge in [0.1, 0.15) is 11.3 Å². The van der Waals surface area contributed by atoms with E-state index in [-0.39, 0.29) is 10.3 Å². The monoisotopic (exact) mass is 525 g/mol. The van der Waals surface area contributed by atoms with E-state index in [0.717, 1.165) is 10.5 Å². The minimum atomic E-state index is -3.85. The van der Waals surface area contributed by atoms with Gasteiger partial charge in [-0.05, 0) is 62.2 Å². The van der Waals surface area contributed by atoms with Gasteiger partial charge in [0.15, 0.2) is 6.61 Å². The quantitative estimate of drug-likeness (QED) is 0.318. The normalized spacial score (nSPS) is 12.9. The van der Waals surface area contributed by atoms with Crippen molar-refractivity contribution in [2.75, 3.05) is 19.7 Å². The van der Waals surface area contributed by atoms with E-state index < -0.39 is 22.6 Å². The molecule has 34 heavy (non-hydrogen) atoms. The Bertz CT molecular complexity index is 1290. The molecule has 0 amide bonds. The molecule has 7 nitrogen and oxygen atoms in total. The number of thioether (sulfide) groups is 1. The van der Waals surface area contributed by atoms with Gasteiger partial charge in [0, 0.05) is 39.2 Å². The second-order valence-electron chi connectivity index (χ2n) is 8.06. The minimum absolute atomic E-state index is 0.0498. The smallest absolute Gasteiger partial charge is 0.341 e. The number of carbonyl (C=O) groups is 1. The summed E-state index contributed by atoms with van der Waals surface area (Å²) in [5, 5.41) is 9.89. The molecule has 0 aliphatic rings. The topological polar surface area (TPSA) is 97.0 Å². The molecular formula is C24H28ClNO6S2. The van der Waals surface area contributed by atoms with Crippen molar-refractivity contribution >= 4 is 50.3 Å². The summed E-state index contributed by atoms with van der Waals surface area (Å²) in [6, 6.07) is 10.5. The molecular weight excluding hydrogens is 498 g/mol. The lowest BCUT2D eigenvalue weighted by molar-refractivity contribution is -0.139. The van der Waals surface area contributed by atoms with Crippen LogP contribution in [-0.2, 0) is 14.8 Å². The van der Waals surface area contributed by atoms with Crippen LogP contribution in [0.2, 0.25) is 5.02 Å². The van der Waals surface area contributed by atoms with Crippen LogP contribution in [0.15, 0.2) is 50.8 Å². The summed E-state index contributed by atoms with van der Waals surface area (Å²) in [6.45, 7) is 7.74. The Labute approximate surface area is 209 Å². The maximum Gasteiger partial charge on any atom is 0.341 e. The largest absolute Gasteiger partial charge is 0.482 e. The molecule has 0 radical (unpaired) electrons. The van der Waals surface area contributed by atoms with Crippen molar-refractivity contribution in [2.24, 2.45) is 0 Å². The lowest BCUT2D eigenvalue weighted by Crippen LogP contribution is -2.36. The number of hydrogen-bond donors (Lipinski definition) is 1. The Hall–Kier alpha value is -2.20. The number of carboxylic acids is 1. The van der Waals surface area contributed by atoms with Crippen molar-refractivity contribution < 1.29 is 27.5 Å². The first kappa shape index (κ1) is 26.4. The number of ether oxygens (including phenoxy) is 1. The van der Waals surface area contributed by atoms with Crippen LogP contribution in [0.3, 0.4) is 0 Å². The number of furan rings is 1. The Morgan fingerprint density at radius 3 is 2.62 bits per heavy atom. The van der Waals surface area contributed by atoms with E-state index in [1.807, 2.05) is 32.9 Å². The zero-order valence-corrected chi connectivity index (χ0v) is 21.9. The van der Waals surface area contributed by atoms with E-state index in [1.165, 1.54) is 4.31 Å². The van der Waals surface area contributed by atoms with Crippen LogP contribution in [-0.4, -0.2) is 48.7 Å². The third-order valence-corrected chi connectivity index (χ3v) is 8.38. The minimum Gasteiger partial charge on any atom is -0.482 e. The van der Waals surface area contributed by atoms with Crippen LogP contribution in [0.25, 0.3) is 11.0 Å². The fourth-order valence-electron chi connectivity index (χ4n) is 3.65. The van der Waals surface area contributed by atoms with Gasteiger partial charge in [-0.2, -0.15) is 4.31 Å². The molecule has 3 rings (SSSR count). The Morgan fingerprint density at radius 2 is 1.97 bits per heavy atom. The molecule has 1 heterocycles. The SMILES string of the molecule is CCCN(CC(C)Sc1ccc(OCC(=O)O)c(C)c1)S(=O)(=O)c1oc2ccc(Cl)cc2c1C. The van der Waals surface area contributed by atoms with E-state index in [4.69, 9.17) is 25.9 Å². The third-order valence-electron chi connectivity index (χ3n) is 5.20. The summed E-state index contributed by atoms with van der Waals surface area (Å²) < 4.78 is 39.6. The molecule has 0 aliphatic heterocycles. The first-order valence-corrected chi connectivity index (χ1v) is 13.5. The number of fused-ring (bicyclic) bond motifs is 1. The highest BCUT2D eigenvalue weighted by atomic mass is 35.5. The van der Waals surface area contributed by atoms with Crippen LogP contribution >= 0.6 is 23.4 Å². The van der Waals surface area contributed by atoms with Gasteiger partial charge in [0.25, 0.3) is 10.0 Å². The zero-order valence-electron chi connectivity index (χ0n) is 19.5. The summed E-state index contributed by atoms with van der Waals surface area (Å²) in [5.41, 5.74) is 1.85. The van der Waals surface area contributed by atoms with E-state index in [0.29, 0.717) is 46.8 Å². The van der Waals surface area contributed by atoms with Gasteiger partial charge in [0.2, 0.25) is 5.09 Å². The fraction of sp³-hybridized carbons (Fsp3) is 0.375. The maximum absolute atomic E-state index is 13.5. The highest BCUT2D eigenvalue weighted by Crippen LogP contribution is 2.34. The van der Waals surface area contributed by atoms with Gasteiger partial charge >= 0.3 is 5.97 Å². The van der Waals surface area contributed by atoms with Crippen molar-refractivity contribution in [2.45, 2.75) is 49.4 Å². The van der Waals surface area contributed by atoms with E-state index in [2.05, 4.69) is 0 Å². The number of aryl methyl sites for hydroxylation is 2. The maximum atomic E-state index is 13.5. The predicted molar refractivity (Wildman–Crippen MR) is 135 cm³/mol. The molecule has 184 valence electrons. The summed E-state index contributed by atoms with van der Waals surface area (Å²) in [5.74, 6) is -0.526. The highest BCUT2D eigenvalue weighted by Gasteiger charge is 2.31. The molecule has 1 atom stereocenters. The van der Waals surface area contributed by atoms with Gasteiger partial charge < -0.3 is 14.3 Å². The van der Waals surface area contributed by atoms with E-state index in [1.54, 1.807) is 43.0 Å². The van der Waals surface area contributed by atoms with Crippen molar-refractivity contribution in [3.8, 4) is 5.75 Å². The average molecular weight is 526 g/mol. The van der Waals surface area contributed by atoms with Crippen LogP contribution < -0.4 is 4.74 Å². The van der Waals surface area contributed by atoms with Crippen LogP contribution in [0.4, 0.5) is 0 Å². The molecule has 0 aliphatic carbocycles. The highest BCUT2D eigenvalue weighted by molar-refractivity contribution is 8.00.